The Morgan fingerprint density at radius 3 is 3.10 bits per heavy atom. The van der Waals surface area contributed by atoms with Gasteiger partial charge in [-0.2, -0.15) is 0 Å². The van der Waals surface area contributed by atoms with E-state index in [9.17, 15) is 0 Å². The predicted molar refractivity (Wildman–Crippen MR) is 89.1 cm³/mol. The van der Waals surface area contributed by atoms with Crippen LogP contribution >= 0.6 is 11.3 Å². The molecule has 0 spiro atoms. The predicted octanol–water partition coefficient (Wildman–Crippen LogP) is 4.70. The third-order valence-electron chi connectivity index (χ3n) is 4.03. The van der Waals surface area contributed by atoms with Crippen LogP contribution < -0.4 is 10.1 Å². The summed E-state index contributed by atoms with van der Waals surface area (Å²) in [5.74, 6) is 0.998. The van der Waals surface area contributed by atoms with Crippen LogP contribution in [0.1, 0.15) is 48.2 Å². The van der Waals surface area contributed by atoms with Crippen molar-refractivity contribution in [2.24, 2.45) is 0 Å². The number of hydrogen-bond donors (Lipinski definition) is 1. The van der Waals surface area contributed by atoms with E-state index in [0.717, 1.165) is 12.3 Å². The number of nitrogens with one attached hydrogen (secondary N) is 1. The molecule has 0 saturated carbocycles. The molecule has 1 unspecified atom stereocenters. The van der Waals surface area contributed by atoms with Gasteiger partial charge in [-0.25, -0.2) is 0 Å². The number of thiophene rings is 1. The standard InChI is InChI=1S/C18H23NOS/c1-2-10-19-18-7-3-5-14-12-15(8-9-17(14)18)20-13-16-6-4-11-21-16/h4,6,8-9,11-12,18-19H,2-3,5,7,10,13H2,1H3. The molecule has 0 aliphatic heterocycles. The molecule has 1 aliphatic rings. The first-order chi connectivity index (χ1) is 10.4. The lowest BCUT2D eigenvalue weighted by molar-refractivity contribution is 0.309. The van der Waals surface area contributed by atoms with Crippen LogP contribution in [0.4, 0.5) is 0 Å². The Hall–Kier alpha value is -1.32. The van der Waals surface area contributed by atoms with E-state index in [4.69, 9.17) is 4.74 Å². The normalized spacial score (nSPS) is 17.5. The van der Waals surface area contributed by atoms with Gasteiger partial charge in [-0.3, -0.25) is 0 Å². The zero-order chi connectivity index (χ0) is 14.5. The van der Waals surface area contributed by atoms with Crippen molar-refractivity contribution < 1.29 is 4.74 Å². The smallest absolute Gasteiger partial charge is 0.122 e. The molecule has 0 amide bonds. The zero-order valence-electron chi connectivity index (χ0n) is 12.6. The van der Waals surface area contributed by atoms with Gasteiger partial charge in [0.05, 0.1) is 0 Å². The quantitative estimate of drug-likeness (QED) is 0.834. The fourth-order valence-electron chi connectivity index (χ4n) is 2.96. The molecule has 0 saturated heterocycles. The Morgan fingerprint density at radius 2 is 2.29 bits per heavy atom. The molecule has 2 nitrogen and oxygen atoms in total. The van der Waals surface area contributed by atoms with Gasteiger partial charge in [-0.1, -0.05) is 19.1 Å². The van der Waals surface area contributed by atoms with Crippen molar-refractivity contribution in [3.05, 3.63) is 51.7 Å². The van der Waals surface area contributed by atoms with Crippen molar-refractivity contribution in [3.8, 4) is 5.75 Å². The molecule has 1 heterocycles. The van der Waals surface area contributed by atoms with E-state index in [1.54, 1.807) is 11.3 Å². The first-order valence-corrected chi connectivity index (χ1v) is 8.76. The Labute approximate surface area is 131 Å². The number of aryl methyl sites for hydroxylation is 1. The Morgan fingerprint density at radius 1 is 1.33 bits per heavy atom. The minimum atomic E-state index is 0.528. The van der Waals surface area contributed by atoms with Crippen LogP contribution in [-0.4, -0.2) is 6.54 Å². The van der Waals surface area contributed by atoms with Crippen LogP contribution in [0.3, 0.4) is 0 Å². The van der Waals surface area contributed by atoms with Gasteiger partial charge in [0.2, 0.25) is 0 Å². The van der Waals surface area contributed by atoms with Gasteiger partial charge in [-0.15, -0.1) is 11.3 Å². The monoisotopic (exact) mass is 301 g/mol. The van der Waals surface area contributed by atoms with E-state index in [2.05, 4.69) is 48.0 Å². The minimum Gasteiger partial charge on any atom is -0.488 e. The maximum absolute atomic E-state index is 5.92. The summed E-state index contributed by atoms with van der Waals surface area (Å²) in [6.45, 7) is 3.99. The first-order valence-electron chi connectivity index (χ1n) is 7.88. The Kier molecular flexibility index (Phi) is 4.94. The highest BCUT2D eigenvalue weighted by atomic mass is 32.1. The van der Waals surface area contributed by atoms with Gasteiger partial charge in [0, 0.05) is 10.9 Å². The van der Waals surface area contributed by atoms with E-state index in [1.807, 2.05) is 0 Å². The molecule has 0 radical (unpaired) electrons. The van der Waals surface area contributed by atoms with Crippen LogP contribution in [0.15, 0.2) is 35.7 Å². The number of rotatable bonds is 6. The Balaban J connectivity index is 1.68. The number of hydrogen-bond acceptors (Lipinski definition) is 3. The van der Waals surface area contributed by atoms with Crippen molar-refractivity contribution in [3.63, 3.8) is 0 Å². The lowest BCUT2D eigenvalue weighted by Crippen LogP contribution is -2.25. The van der Waals surface area contributed by atoms with Crippen molar-refractivity contribution in [1.29, 1.82) is 0 Å². The summed E-state index contributed by atoms with van der Waals surface area (Å²) in [6.07, 6.45) is 4.88. The second kappa shape index (κ2) is 7.10. The number of ether oxygens (including phenoxy) is 1. The molecule has 1 aliphatic carbocycles. The minimum absolute atomic E-state index is 0.528. The van der Waals surface area contributed by atoms with Crippen molar-refractivity contribution >= 4 is 11.3 Å². The van der Waals surface area contributed by atoms with E-state index in [1.165, 1.54) is 41.7 Å². The molecular formula is C18H23NOS. The van der Waals surface area contributed by atoms with Crippen molar-refractivity contribution in [2.45, 2.75) is 45.3 Å². The molecular weight excluding hydrogens is 278 g/mol. The molecule has 1 N–H and O–H groups in total. The maximum Gasteiger partial charge on any atom is 0.122 e. The SMILES string of the molecule is CCCNC1CCCc2cc(OCc3cccs3)ccc21. The molecule has 112 valence electrons. The molecule has 1 aromatic heterocycles. The Bertz CT molecular complexity index is 565. The molecule has 3 rings (SSSR count). The molecule has 1 atom stereocenters. The summed E-state index contributed by atoms with van der Waals surface area (Å²) in [4.78, 5) is 1.27. The van der Waals surface area contributed by atoms with Gasteiger partial charge >= 0.3 is 0 Å². The van der Waals surface area contributed by atoms with Crippen LogP contribution in [0, 0.1) is 0 Å². The zero-order valence-corrected chi connectivity index (χ0v) is 13.4. The highest BCUT2D eigenvalue weighted by Crippen LogP contribution is 2.32. The summed E-state index contributed by atoms with van der Waals surface area (Å²) >= 11 is 1.75. The van der Waals surface area contributed by atoms with Crippen LogP contribution in [0.25, 0.3) is 0 Å². The van der Waals surface area contributed by atoms with Gasteiger partial charge in [0.25, 0.3) is 0 Å². The maximum atomic E-state index is 5.92. The molecule has 21 heavy (non-hydrogen) atoms. The first kappa shape index (κ1) is 14.6. The second-order valence-electron chi connectivity index (χ2n) is 5.63. The fraction of sp³-hybridized carbons (Fsp3) is 0.444. The van der Waals surface area contributed by atoms with E-state index in [-0.39, 0.29) is 0 Å². The lowest BCUT2D eigenvalue weighted by Gasteiger charge is -2.27. The van der Waals surface area contributed by atoms with Crippen LogP contribution in [0.2, 0.25) is 0 Å². The highest BCUT2D eigenvalue weighted by molar-refractivity contribution is 7.09. The van der Waals surface area contributed by atoms with E-state index >= 15 is 0 Å². The second-order valence-corrected chi connectivity index (χ2v) is 6.66. The molecule has 0 fully saturated rings. The molecule has 0 bridgehead atoms. The van der Waals surface area contributed by atoms with Gasteiger partial charge in [0.15, 0.2) is 0 Å². The third-order valence-corrected chi connectivity index (χ3v) is 4.88. The van der Waals surface area contributed by atoms with Gasteiger partial charge in [-0.05, 0) is 66.9 Å². The summed E-state index contributed by atoms with van der Waals surface area (Å²) in [5.41, 5.74) is 2.93. The summed E-state index contributed by atoms with van der Waals surface area (Å²) in [7, 11) is 0. The lowest BCUT2D eigenvalue weighted by atomic mass is 9.87. The molecule has 3 heteroatoms. The molecule has 2 aromatic rings. The summed E-state index contributed by atoms with van der Waals surface area (Å²) < 4.78 is 5.92. The number of fused-ring (bicyclic) bond motifs is 1. The fourth-order valence-corrected chi connectivity index (χ4v) is 3.58. The number of benzene rings is 1. The van der Waals surface area contributed by atoms with E-state index in [0.29, 0.717) is 12.6 Å². The van der Waals surface area contributed by atoms with Crippen molar-refractivity contribution in [1.82, 2.24) is 5.32 Å². The highest BCUT2D eigenvalue weighted by Gasteiger charge is 2.19. The molecule has 1 aromatic carbocycles. The van der Waals surface area contributed by atoms with Crippen LogP contribution in [-0.2, 0) is 13.0 Å². The third kappa shape index (κ3) is 3.66. The van der Waals surface area contributed by atoms with Crippen LogP contribution in [0.5, 0.6) is 5.75 Å². The van der Waals surface area contributed by atoms with Gasteiger partial charge in [0.1, 0.15) is 12.4 Å². The van der Waals surface area contributed by atoms with Gasteiger partial charge < -0.3 is 10.1 Å². The average Bonchev–Trinajstić information content (AvgIpc) is 3.04. The topological polar surface area (TPSA) is 21.3 Å². The summed E-state index contributed by atoms with van der Waals surface area (Å²) in [5, 5.41) is 5.75. The van der Waals surface area contributed by atoms with E-state index < -0.39 is 0 Å². The summed E-state index contributed by atoms with van der Waals surface area (Å²) in [6, 6.07) is 11.3. The average molecular weight is 301 g/mol. The largest absolute Gasteiger partial charge is 0.488 e. The van der Waals surface area contributed by atoms with Crippen molar-refractivity contribution in [2.75, 3.05) is 6.54 Å².